The summed E-state index contributed by atoms with van der Waals surface area (Å²) in [6.07, 6.45) is 6.63. The van der Waals surface area contributed by atoms with Crippen molar-refractivity contribution < 1.29 is 9.59 Å². The molecule has 0 radical (unpaired) electrons. The molecule has 7 heteroatoms. The molecule has 1 aromatic carbocycles. The monoisotopic (exact) mass is 409 g/mol. The van der Waals surface area contributed by atoms with Crippen molar-refractivity contribution in [2.45, 2.75) is 37.1 Å². The molecule has 142 valence electrons. The largest absolute Gasteiger partial charge is 0.315 e. The first-order chi connectivity index (χ1) is 13.6. The van der Waals surface area contributed by atoms with E-state index in [1.54, 1.807) is 29.6 Å². The number of fused-ring (bicyclic) bond motifs is 4. The van der Waals surface area contributed by atoms with Crippen LogP contribution in [0.3, 0.4) is 0 Å². The number of aryl methyl sites for hydroxylation is 2. The van der Waals surface area contributed by atoms with E-state index in [9.17, 15) is 9.59 Å². The smallest absolute Gasteiger partial charge is 0.231 e. The molecular weight excluding hydrogens is 390 g/mol. The maximum atomic E-state index is 12.8. The second-order valence-electron chi connectivity index (χ2n) is 7.25. The van der Waals surface area contributed by atoms with Crippen LogP contribution in [0.25, 0.3) is 10.2 Å². The highest BCUT2D eigenvalue weighted by atomic mass is 32.2. The van der Waals surface area contributed by atoms with Gasteiger partial charge in [-0.15, -0.1) is 11.3 Å². The highest BCUT2D eigenvalue weighted by Gasteiger charge is 2.25. The van der Waals surface area contributed by atoms with Gasteiger partial charge >= 0.3 is 0 Å². The number of carbonyl (C=O) groups is 2. The topological polar surface area (TPSA) is 63.2 Å². The van der Waals surface area contributed by atoms with E-state index in [4.69, 9.17) is 0 Å². The molecule has 1 aliphatic heterocycles. The third kappa shape index (κ3) is 2.93. The van der Waals surface area contributed by atoms with Crippen LogP contribution in [0.15, 0.2) is 29.6 Å². The van der Waals surface area contributed by atoms with Crippen LogP contribution in [-0.4, -0.2) is 34.5 Å². The number of benzene rings is 1. The van der Waals surface area contributed by atoms with Gasteiger partial charge in [0.15, 0.2) is 5.78 Å². The lowest BCUT2D eigenvalue weighted by Gasteiger charge is -2.11. The molecule has 0 atom stereocenters. The Labute approximate surface area is 171 Å². The van der Waals surface area contributed by atoms with Crippen molar-refractivity contribution in [3.8, 4) is 0 Å². The summed E-state index contributed by atoms with van der Waals surface area (Å²) in [5, 5.41) is 2.06. The zero-order valence-corrected chi connectivity index (χ0v) is 17.2. The van der Waals surface area contributed by atoms with Crippen LogP contribution in [0.4, 0.5) is 5.69 Å². The first-order valence-electron chi connectivity index (χ1n) is 9.42. The van der Waals surface area contributed by atoms with Gasteiger partial charge in [-0.25, -0.2) is 9.97 Å². The Bertz CT molecular complexity index is 1120. The molecule has 0 spiro atoms. The first-order valence-corrected chi connectivity index (χ1v) is 11.2. The first kappa shape index (κ1) is 17.8. The number of hydrogen-bond acceptors (Lipinski definition) is 6. The van der Waals surface area contributed by atoms with Crippen molar-refractivity contribution >= 4 is 50.7 Å². The normalized spacial score (nSPS) is 15.8. The summed E-state index contributed by atoms with van der Waals surface area (Å²) >= 11 is 3.27. The van der Waals surface area contributed by atoms with Gasteiger partial charge in [0.1, 0.15) is 16.2 Å². The zero-order chi connectivity index (χ0) is 19.3. The minimum Gasteiger partial charge on any atom is -0.315 e. The zero-order valence-electron chi connectivity index (χ0n) is 15.5. The van der Waals surface area contributed by atoms with Crippen LogP contribution in [0.2, 0.25) is 0 Å². The SMILES string of the molecule is CN1C(=O)Cc2cc(C(=O)CSc3ncnc4sc5c(c34)CCCC5)ccc21. The second-order valence-corrected chi connectivity index (χ2v) is 9.30. The van der Waals surface area contributed by atoms with E-state index >= 15 is 0 Å². The number of hydrogen-bond donors (Lipinski definition) is 0. The van der Waals surface area contributed by atoms with Gasteiger partial charge in [0, 0.05) is 28.6 Å². The predicted molar refractivity (Wildman–Crippen MR) is 113 cm³/mol. The number of likely N-dealkylation sites (N-methyl/N-ethyl adjacent to an activating group) is 1. The Morgan fingerprint density at radius 2 is 2.11 bits per heavy atom. The van der Waals surface area contributed by atoms with E-state index in [1.165, 1.54) is 35.0 Å². The van der Waals surface area contributed by atoms with Crippen LogP contribution in [0.1, 0.15) is 39.2 Å². The fourth-order valence-corrected chi connectivity index (χ4v) is 6.25. The number of carbonyl (C=O) groups excluding carboxylic acids is 2. The van der Waals surface area contributed by atoms with Crippen molar-refractivity contribution in [1.82, 2.24) is 9.97 Å². The minimum atomic E-state index is 0.0608. The Balaban J connectivity index is 1.38. The summed E-state index contributed by atoms with van der Waals surface area (Å²) in [6, 6.07) is 5.55. The van der Waals surface area contributed by atoms with Crippen LogP contribution >= 0.6 is 23.1 Å². The quantitative estimate of drug-likeness (QED) is 0.369. The number of thioether (sulfide) groups is 1. The highest BCUT2D eigenvalue weighted by Crippen LogP contribution is 2.39. The van der Waals surface area contributed by atoms with Gasteiger partial charge in [-0.1, -0.05) is 11.8 Å². The molecular formula is C21H19N3O2S2. The number of rotatable bonds is 4. The van der Waals surface area contributed by atoms with Crippen LogP contribution in [-0.2, 0) is 24.1 Å². The number of aromatic nitrogens is 2. The van der Waals surface area contributed by atoms with Gasteiger partial charge in [0.2, 0.25) is 5.91 Å². The van der Waals surface area contributed by atoms with Gasteiger partial charge in [-0.2, -0.15) is 0 Å². The molecule has 3 aromatic rings. The molecule has 1 amide bonds. The number of ketones is 1. The van der Waals surface area contributed by atoms with Crippen molar-refractivity contribution in [3.63, 3.8) is 0 Å². The van der Waals surface area contributed by atoms with E-state index in [-0.39, 0.29) is 11.7 Å². The van der Waals surface area contributed by atoms with Crippen LogP contribution < -0.4 is 4.90 Å². The van der Waals surface area contributed by atoms with E-state index in [1.807, 2.05) is 18.2 Å². The van der Waals surface area contributed by atoms with Crippen molar-refractivity contribution in [2.75, 3.05) is 17.7 Å². The lowest BCUT2D eigenvalue weighted by atomic mass is 9.97. The highest BCUT2D eigenvalue weighted by molar-refractivity contribution is 8.00. The molecule has 3 heterocycles. The van der Waals surface area contributed by atoms with Crippen molar-refractivity contribution in [1.29, 1.82) is 0 Å². The average Bonchev–Trinajstić information content (AvgIpc) is 3.23. The minimum absolute atomic E-state index is 0.0608. The molecule has 2 aliphatic rings. The molecule has 28 heavy (non-hydrogen) atoms. The number of amides is 1. The van der Waals surface area contributed by atoms with Crippen molar-refractivity contribution in [2.24, 2.45) is 0 Å². The Morgan fingerprint density at radius 3 is 3.00 bits per heavy atom. The standard InChI is InChI=1S/C21H19N3O2S2/c1-24-15-7-6-12(8-13(15)9-18(24)26)16(25)10-27-20-19-14-4-2-3-5-17(14)28-21(19)23-11-22-20/h6-8,11H,2-5,9-10H2,1H3. The Hall–Kier alpha value is -2.25. The van der Waals surface area contributed by atoms with E-state index < -0.39 is 0 Å². The number of anilines is 1. The second kappa shape index (κ2) is 6.97. The van der Waals surface area contributed by atoms with Gasteiger partial charge < -0.3 is 4.90 Å². The third-order valence-electron chi connectivity index (χ3n) is 5.54. The van der Waals surface area contributed by atoms with Crippen LogP contribution in [0, 0.1) is 0 Å². The fraction of sp³-hybridized carbons (Fsp3) is 0.333. The summed E-state index contributed by atoms with van der Waals surface area (Å²) < 4.78 is 0. The van der Waals surface area contributed by atoms with Gasteiger partial charge in [0.05, 0.1) is 12.2 Å². The molecule has 0 saturated carbocycles. The predicted octanol–water partition coefficient (Wildman–Crippen LogP) is 4.06. The summed E-state index contributed by atoms with van der Waals surface area (Å²) in [6.45, 7) is 0. The Morgan fingerprint density at radius 1 is 1.25 bits per heavy atom. The lowest BCUT2D eigenvalue weighted by Crippen LogP contribution is -2.20. The number of thiophene rings is 1. The third-order valence-corrected chi connectivity index (χ3v) is 7.72. The maximum absolute atomic E-state index is 12.8. The maximum Gasteiger partial charge on any atom is 0.231 e. The number of nitrogens with zero attached hydrogens (tertiary/aromatic N) is 3. The van der Waals surface area contributed by atoms with Crippen LogP contribution in [0.5, 0.6) is 0 Å². The van der Waals surface area contributed by atoms with E-state index in [0.717, 1.165) is 39.3 Å². The van der Waals surface area contributed by atoms with Gasteiger partial charge in [-0.3, -0.25) is 9.59 Å². The van der Waals surface area contributed by atoms with E-state index in [2.05, 4.69) is 9.97 Å². The van der Waals surface area contributed by atoms with Gasteiger partial charge in [-0.05, 0) is 55.0 Å². The molecule has 0 unspecified atom stereocenters. The molecule has 2 aromatic heterocycles. The lowest BCUT2D eigenvalue weighted by molar-refractivity contribution is -0.117. The summed E-state index contributed by atoms with van der Waals surface area (Å²) in [7, 11) is 1.77. The molecule has 0 saturated heterocycles. The molecule has 5 rings (SSSR count). The number of Topliss-reactive ketones (excluding diaryl/α,β-unsaturated/α-hetero) is 1. The van der Waals surface area contributed by atoms with E-state index in [0.29, 0.717) is 17.7 Å². The summed E-state index contributed by atoms with van der Waals surface area (Å²) in [4.78, 5) is 37.7. The molecule has 1 aliphatic carbocycles. The molecule has 0 N–H and O–H groups in total. The summed E-state index contributed by atoms with van der Waals surface area (Å²) in [5.74, 6) is 0.463. The van der Waals surface area contributed by atoms with Crippen molar-refractivity contribution in [3.05, 3.63) is 46.1 Å². The van der Waals surface area contributed by atoms with Gasteiger partial charge in [0.25, 0.3) is 0 Å². The molecule has 5 nitrogen and oxygen atoms in total. The molecule has 0 fully saturated rings. The Kier molecular flexibility index (Phi) is 4.44. The summed E-state index contributed by atoms with van der Waals surface area (Å²) in [5.41, 5.74) is 3.88. The fourth-order valence-electron chi connectivity index (χ4n) is 4.03. The molecule has 0 bridgehead atoms. The average molecular weight is 410 g/mol.